The number of hydrogen-bond donors (Lipinski definition) is 1. The van der Waals surface area contributed by atoms with E-state index in [2.05, 4.69) is 0 Å². The van der Waals surface area contributed by atoms with Crippen LogP contribution in [0.4, 0.5) is 0 Å². The molecule has 3 unspecified atom stereocenters. The molecule has 0 fully saturated rings. The Bertz CT molecular complexity index is 201. The van der Waals surface area contributed by atoms with Gasteiger partial charge in [-0.2, -0.15) is 0 Å². The van der Waals surface area contributed by atoms with Crippen molar-refractivity contribution >= 4 is 0 Å². The minimum atomic E-state index is -0.0377. The number of ether oxygens (including phenoxy) is 2. The Balaban J connectivity index is 2.35. The van der Waals surface area contributed by atoms with Gasteiger partial charge in [0.1, 0.15) is 0 Å². The molecule has 0 heterocycles. The second-order valence-electron chi connectivity index (χ2n) is 3.21. The zero-order chi connectivity index (χ0) is 9.68. The maximum atomic E-state index is 5.82. The van der Waals surface area contributed by atoms with Crippen molar-refractivity contribution in [2.45, 2.75) is 25.2 Å². The number of hydrogen-bond acceptors (Lipinski definition) is 3. The molecule has 0 spiro atoms. The molecule has 0 radical (unpaired) electrons. The summed E-state index contributed by atoms with van der Waals surface area (Å²) in [6.07, 6.45) is 7.85. The molecular formula is C10H17NO2. The highest BCUT2D eigenvalue weighted by atomic mass is 16.5. The highest BCUT2D eigenvalue weighted by Gasteiger charge is 2.17. The summed E-state index contributed by atoms with van der Waals surface area (Å²) < 4.78 is 10.6. The van der Waals surface area contributed by atoms with E-state index in [-0.39, 0.29) is 18.2 Å². The molecule has 0 aromatic rings. The molecular weight excluding hydrogens is 166 g/mol. The quantitative estimate of drug-likeness (QED) is 0.703. The number of methoxy groups -OCH3 is 1. The lowest BCUT2D eigenvalue weighted by Gasteiger charge is -2.24. The summed E-state index contributed by atoms with van der Waals surface area (Å²) in [5.41, 5.74) is 5.82. The van der Waals surface area contributed by atoms with Gasteiger partial charge in [-0.25, -0.2) is 0 Å². The second-order valence-corrected chi connectivity index (χ2v) is 3.21. The summed E-state index contributed by atoms with van der Waals surface area (Å²) in [6.45, 7) is 2.57. The fourth-order valence-corrected chi connectivity index (χ4v) is 1.28. The average molecular weight is 183 g/mol. The Kier molecular flexibility index (Phi) is 4.15. The van der Waals surface area contributed by atoms with Crippen molar-refractivity contribution in [1.82, 2.24) is 0 Å². The molecule has 74 valence electrons. The van der Waals surface area contributed by atoms with Crippen LogP contribution in [0.3, 0.4) is 0 Å². The number of nitrogens with two attached hydrogens (primary N) is 1. The van der Waals surface area contributed by atoms with Crippen LogP contribution < -0.4 is 5.73 Å². The van der Waals surface area contributed by atoms with Crippen molar-refractivity contribution in [3.05, 3.63) is 24.3 Å². The van der Waals surface area contributed by atoms with Crippen LogP contribution in [0.1, 0.15) is 6.92 Å². The van der Waals surface area contributed by atoms with E-state index in [4.69, 9.17) is 15.2 Å². The first-order valence-corrected chi connectivity index (χ1v) is 4.49. The molecule has 0 saturated heterocycles. The normalized spacial score (nSPS) is 29.2. The van der Waals surface area contributed by atoms with Gasteiger partial charge in [0, 0.05) is 7.11 Å². The second kappa shape index (κ2) is 5.17. The zero-order valence-electron chi connectivity index (χ0n) is 8.14. The van der Waals surface area contributed by atoms with Crippen molar-refractivity contribution < 1.29 is 9.47 Å². The molecule has 0 bridgehead atoms. The predicted molar refractivity (Wildman–Crippen MR) is 52.5 cm³/mol. The summed E-state index contributed by atoms with van der Waals surface area (Å²) in [6, 6.07) is -0.0377. The molecule has 0 aliphatic heterocycles. The van der Waals surface area contributed by atoms with E-state index in [0.717, 1.165) is 0 Å². The minimum absolute atomic E-state index is 0.0184. The Labute approximate surface area is 79.2 Å². The minimum Gasteiger partial charge on any atom is -0.382 e. The molecule has 0 amide bonds. The third-order valence-electron chi connectivity index (χ3n) is 1.92. The molecule has 13 heavy (non-hydrogen) atoms. The molecule has 3 heteroatoms. The van der Waals surface area contributed by atoms with E-state index < -0.39 is 0 Å². The van der Waals surface area contributed by atoms with Crippen molar-refractivity contribution in [2.75, 3.05) is 13.7 Å². The first-order valence-electron chi connectivity index (χ1n) is 4.49. The van der Waals surface area contributed by atoms with E-state index in [1.807, 2.05) is 31.2 Å². The van der Waals surface area contributed by atoms with Gasteiger partial charge in [-0.15, -0.1) is 0 Å². The number of allylic oxidation sites excluding steroid dienone is 2. The Morgan fingerprint density at radius 3 is 2.69 bits per heavy atom. The highest BCUT2D eigenvalue weighted by Crippen LogP contribution is 2.09. The van der Waals surface area contributed by atoms with Gasteiger partial charge in [-0.3, -0.25) is 0 Å². The van der Waals surface area contributed by atoms with E-state index >= 15 is 0 Å². The van der Waals surface area contributed by atoms with E-state index in [0.29, 0.717) is 6.61 Å². The van der Waals surface area contributed by atoms with Crippen LogP contribution in [0.25, 0.3) is 0 Å². The third-order valence-corrected chi connectivity index (χ3v) is 1.92. The molecule has 0 aromatic heterocycles. The Hall–Kier alpha value is -0.640. The molecule has 3 nitrogen and oxygen atoms in total. The summed E-state index contributed by atoms with van der Waals surface area (Å²) >= 11 is 0. The third kappa shape index (κ3) is 3.30. The Morgan fingerprint density at radius 1 is 1.38 bits per heavy atom. The van der Waals surface area contributed by atoms with Crippen LogP contribution in [0, 0.1) is 0 Å². The average Bonchev–Trinajstić information content (AvgIpc) is 2.09. The molecule has 1 aliphatic rings. The van der Waals surface area contributed by atoms with E-state index in [1.165, 1.54) is 0 Å². The van der Waals surface area contributed by atoms with Gasteiger partial charge in [-0.05, 0) is 6.92 Å². The fraction of sp³-hybridized carbons (Fsp3) is 0.600. The van der Waals surface area contributed by atoms with Gasteiger partial charge in [-0.1, -0.05) is 24.3 Å². The van der Waals surface area contributed by atoms with Gasteiger partial charge in [0.25, 0.3) is 0 Å². The first kappa shape index (κ1) is 10.4. The van der Waals surface area contributed by atoms with E-state index in [1.54, 1.807) is 7.11 Å². The summed E-state index contributed by atoms with van der Waals surface area (Å²) in [5, 5.41) is 0. The van der Waals surface area contributed by atoms with E-state index in [9.17, 15) is 0 Å². The van der Waals surface area contributed by atoms with Gasteiger partial charge in [0.15, 0.2) is 0 Å². The lowest BCUT2D eigenvalue weighted by atomic mass is 10.1. The SMILES string of the molecule is COCC(C)OC1C=CC=CC1N. The summed E-state index contributed by atoms with van der Waals surface area (Å²) in [4.78, 5) is 0. The topological polar surface area (TPSA) is 44.5 Å². The van der Waals surface area contributed by atoms with Gasteiger partial charge in [0.2, 0.25) is 0 Å². The fourth-order valence-electron chi connectivity index (χ4n) is 1.28. The van der Waals surface area contributed by atoms with Gasteiger partial charge >= 0.3 is 0 Å². The van der Waals surface area contributed by atoms with Crippen molar-refractivity contribution in [1.29, 1.82) is 0 Å². The highest BCUT2D eigenvalue weighted by molar-refractivity contribution is 5.17. The largest absolute Gasteiger partial charge is 0.382 e. The smallest absolute Gasteiger partial charge is 0.0950 e. The molecule has 0 saturated carbocycles. The van der Waals surface area contributed by atoms with Crippen molar-refractivity contribution in [3.63, 3.8) is 0 Å². The van der Waals surface area contributed by atoms with Gasteiger partial charge < -0.3 is 15.2 Å². The van der Waals surface area contributed by atoms with Crippen LogP contribution in [0.2, 0.25) is 0 Å². The molecule has 0 aromatic carbocycles. The van der Waals surface area contributed by atoms with Crippen LogP contribution in [-0.2, 0) is 9.47 Å². The van der Waals surface area contributed by atoms with Crippen molar-refractivity contribution in [3.8, 4) is 0 Å². The molecule has 1 rings (SSSR count). The van der Waals surface area contributed by atoms with Crippen LogP contribution >= 0.6 is 0 Å². The Morgan fingerprint density at radius 2 is 2.08 bits per heavy atom. The maximum absolute atomic E-state index is 5.82. The van der Waals surface area contributed by atoms with Crippen molar-refractivity contribution in [2.24, 2.45) is 5.73 Å². The summed E-state index contributed by atoms with van der Waals surface area (Å²) in [7, 11) is 1.66. The molecule has 3 atom stereocenters. The lowest BCUT2D eigenvalue weighted by molar-refractivity contribution is -0.0237. The van der Waals surface area contributed by atoms with Crippen LogP contribution in [-0.4, -0.2) is 32.0 Å². The predicted octanol–water partition coefficient (Wildman–Crippen LogP) is 0.860. The lowest BCUT2D eigenvalue weighted by Crippen LogP contribution is -2.37. The monoisotopic (exact) mass is 183 g/mol. The number of rotatable bonds is 4. The molecule has 2 N–H and O–H groups in total. The first-order chi connectivity index (χ1) is 6.24. The zero-order valence-corrected chi connectivity index (χ0v) is 8.14. The maximum Gasteiger partial charge on any atom is 0.0950 e. The van der Waals surface area contributed by atoms with Crippen LogP contribution in [0.15, 0.2) is 24.3 Å². The van der Waals surface area contributed by atoms with Crippen LogP contribution in [0.5, 0.6) is 0 Å². The van der Waals surface area contributed by atoms with Gasteiger partial charge in [0.05, 0.1) is 24.9 Å². The molecule has 1 aliphatic carbocycles. The standard InChI is InChI=1S/C10H17NO2/c1-8(7-12-2)13-10-6-4-3-5-9(10)11/h3-6,8-10H,7,11H2,1-2H3. The summed E-state index contributed by atoms with van der Waals surface area (Å²) in [5.74, 6) is 0.